The number of hydrogen-bond acceptors (Lipinski definition) is 5. The first-order valence-corrected chi connectivity index (χ1v) is 11.6. The molecular weight excluding hydrogens is 400 g/mol. The van der Waals surface area contributed by atoms with Gasteiger partial charge in [-0.3, -0.25) is 9.11 Å². The predicted molar refractivity (Wildman–Crippen MR) is 115 cm³/mol. The van der Waals surface area contributed by atoms with Crippen molar-refractivity contribution in [3.8, 4) is 0 Å². The first-order valence-electron chi connectivity index (χ1n) is 10.5. The number of hydrogen-bond donors (Lipinski definition) is 3. The lowest BCUT2D eigenvalue weighted by Crippen LogP contribution is -2.33. The minimum atomic E-state index is -2.28. The van der Waals surface area contributed by atoms with Gasteiger partial charge in [-0.15, -0.1) is 0 Å². The van der Waals surface area contributed by atoms with E-state index in [4.69, 9.17) is 0 Å². The van der Waals surface area contributed by atoms with Gasteiger partial charge in [-0.1, -0.05) is 54.6 Å². The van der Waals surface area contributed by atoms with Gasteiger partial charge in [-0.05, 0) is 41.4 Å². The summed E-state index contributed by atoms with van der Waals surface area (Å²) in [6, 6.07) is 17.6. The number of nitrogens with zero attached hydrogens (tertiary/aromatic N) is 1. The maximum Gasteiger partial charge on any atom is 0.0916 e. The van der Waals surface area contributed by atoms with Crippen LogP contribution in [-0.2, 0) is 24.2 Å². The lowest BCUT2D eigenvalue weighted by atomic mass is 9.91. The van der Waals surface area contributed by atoms with E-state index in [1.807, 2.05) is 42.5 Å². The van der Waals surface area contributed by atoms with Gasteiger partial charge in [-0.25, -0.2) is 4.72 Å². The summed E-state index contributed by atoms with van der Waals surface area (Å²) >= 11 is -2.28. The number of benzene rings is 2. The van der Waals surface area contributed by atoms with Crippen LogP contribution in [0.15, 0.2) is 54.6 Å². The molecular formula is C23H29N2O4S-. The summed E-state index contributed by atoms with van der Waals surface area (Å²) in [6.45, 7) is 2.65. The van der Waals surface area contributed by atoms with E-state index in [9.17, 15) is 19.0 Å². The van der Waals surface area contributed by atoms with Crippen LogP contribution >= 0.6 is 0 Å². The molecule has 2 aromatic rings. The van der Waals surface area contributed by atoms with Crippen LogP contribution in [0.25, 0.3) is 0 Å². The van der Waals surface area contributed by atoms with E-state index in [1.54, 1.807) is 0 Å². The molecule has 0 radical (unpaired) electrons. The molecule has 1 heterocycles. The monoisotopic (exact) mass is 429 g/mol. The minimum Gasteiger partial charge on any atom is -0.760 e. The fourth-order valence-corrected chi connectivity index (χ4v) is 5.46. The standard InChI is InChI=1S/C23H30N2O4S/c26-22(19-8-6-18(7-9-19)13-24-30(28)29)16-25-14-20-11-23(27,12-21(20)15-25)10-17-4-2-1-3-5-17/h1-9,20-22,24,26-27H,10-16H2,(H,28,29)/p-1/t20-,21+,22?,23?. The quantitative estimate of drug-likeness (QED) is 0.557. The Hall–Kier alpha value is -1.61. The Bertz CT molecular complexity index is 847. The smallest absolute Gasteiger partial charge is 0.0916 e. The summed E-state index contributed by atoms with van der Waals surface area (Å²) in [4.78, 5) is 2.30. The first kappa shape index (κ1) is 21.6. The zero-order valence-corrected chi connectivity index (χ0v) is 17.8. The molecule has 1 aliphatic heterocycles. The van der Waals surface area contributed by atoms with Gasteiger partial charge in [0, 0.05) is 43.9 Å². The zero-order chi connectivity index (χ0) is 21.1. The minimum absolute atomic E-state index is 0.244. The third-order valence-electron chi connectivity index (χ3n) is 6.50. The van der Waals surface area contributed by atoms with Crippen LogP contribution in [0.2, 0.25) is 0 Å². The summed E-state index contributed by atoms with van der Waals surface area (Å²) in [6.07, 6.45) is 1.77. The molecule has 1 aliphatic carbocycles. The SMILES string of the molecule is O=S([O-])NCc1ccc(C(O)CN2C[C@@H]3CC(O)(Cc4ccccc4)C[C@@H]3C2)cc1. The van der Waals surface area contributed by atoms with Crippen molar-refractivity contribution >= 4 is 11.3 Å². The average molecular weight is 430 g/mol. The molecule has 6 nitrogen and oxygen atoms in total. The lowest BCUT2D eigenvalue weighted by molar-refractivity contribution is 0.0328. The van der Waals surface area contributed by atoms with E-state index in [0.717, 1.165) is 37.1 Å². The highest BCUT2D eigenvalue weighted by Gasteiger charge is 2.48. The van der Waals surface area contributed by atoms with E-state index in [1.165, 1.54) is 5.56 Å². The van der Waals surface area contributed by atoms with Gasteiger partial charge in [0.15, 0.2) is 0 Å². The molecule has 3 N–H and O–H groups in total. The van der Waals surface area contributed by atoms with Crippen LogP contribution in [-0.4, -0.2) is 49.1 Å². The highest BCUT2D eigenvalue weighted by molar-refractivity contribution is 7.77. The average Bonchev–Trinajstić information content (AvgIpc) is 3.21. The van der Waals surface area contributed by atoms with Crippen LogP contribution in [0.1, 0.15) is 35.6 Å². The van der Waals surface area contributed by atoms with Gasteiger partial charge in [0.1, 0.15) is 0 Å². The van der Waals surface area contributed by atoms with Gasteiger partial charge in [-0.2, -0.15) is 0 Å². The normalized spacial score (nSPS) is 28.4. The molecule has 4 rings (SSSR count). The van der Waals surface area contributed by atoms with Crippen LogP contribution in [0.5, 0.6) is 0 Å². The number of likely N-dealkylation sites (tertiary alicyclic amines) is 1. The van der Waals surface area contributed by atoms with Gasteiger partial charge >= 0.3 is 0 Å². The van der Waals surface area contributed by atoms with E-state index in [2.05, 4.69) is 21.8 Å². The fourth-order valence-electron chi connectivity index (χ4n) is 5.18. The van der Waals surface area contributed by atoms with E-state index in [0.29, 0.717) is 24.8 Å². The Morgan fingerprint density at radius 2 is 1.70 bits per heavy atom. The maximum atomic E-state index is 11.1. The van der Waals surface area contributed by atoms with Crippen molar-refractivity contribution in [3.05, 3.63) is 71.3 Å². The Kier molecular flexibility index (Phi) is 6.67. The molecule has 1 saturated heterocycles. The second-order valence-electron chi connectivity index (χ2n) is 8.85. The van der Waals surface area contributed by atoms with Crippen LogP contribution in [0.3, 0.4) is 0 Å². The maximum absolute atomic E-state index is 11.1. The van der Waals surface area contributed by atoms with Crippen molar-refractivity contribution in [1.29, 1.82) is 0 Å². The second kappa shape index (κ2) is 9.26. The van der Waals surface area contributed by atoms with Gasteiger partial charge in [0.25, 0.3) is 0 Å². The fraction of sp³-hybridized carbons (Fsp3) is 0.478. The van der Waals surface area contributed by atoms with E-state index >= 15 is 0 Å². The van der Waals surface area contributed by atoms with Crippen molar-refractivity contribution in [3.63, 3.8) is 0 Å². The highest BCUT2D eigenvalue weighted by atomic mass is 32.2. The topological polar surface area (TPSA) is 95.9 Å². The van der Waals surface area contributed by atoms with Crippen molar-refractivity contribution in [2.24, 2.45) is 11.8 Å². The molecule has 7 heteroatoms. The summed E-state index contributed by atoms with van der Waals surface area (Å²) < 4.78 is 23.5. The molecule has 2 aliphatic rings. The van der Waals surface area contributed by atoms with Crippen LogP contribution < -0.4 is 4.72 Å². The third kappa shape index (κ3) is 5.35. The van der Waals surface area contributed by atoms with E-state index < -0.39 is 23.0 Å². The predicted octanol–water partition coefficient (Wildman–Crippen LogP) is 1.92. The Labute approximate surface area is 180 Å². The molecule has 0 aromatic heterocycles. The number of β-amino-alcohol motifs (C(OH)–C–C–N with tert-alkyl or cyclic N) is 1. The molecule has 2 aromatic carbocycles. The Balaban J connectivity index is 1.27. The van der Waals surface area contributed by atoms with Crippen molar-refractivity contribution in [2.75, 3.05) is 19.6 Å². The van der Waals surface area contributed by atoms with E-state index in [-0.39, 0.29) is 6.54 Å². The Morgan fingerprint density at radius 1 is 1.07 bits per heavy atom. The molecule has 1 saturated carbocycles. The van der Waals surface area contributed by atoms with Crippen molar-refractivity contribution in [2.45, 2.75) is 37.5 Å². The molecule has 30 heavy (non-hydrogen) atoms. The Morgan fingerprint density at radius 3 is 2.30 bits per heavy atom. The van der Waals surface area contributed by atoms with Gasteiger partial charge in [0.05, 0.1) is 11.7 Å². The molecule has 0 spiro atoms. The largest absolute Gasteiger partial charge is 0.760 e. The molecule has 0 bridgehead atoms. The molecule has 5 atom stereocenters. The molecule has 3 unspecified atom stereocenters. The summed E-state index contributed by atoms with van der Waals surface area (Å²) in [5.41, 5.74) is 2.26. The second-order valence-corrected chi connectivity index (χ2v) is 9.60. The molecule has 162 valence electrons. The van der Waals surface area contributed by atoms with Gasteiger partial charge in [0.2, 0.25) is 0 Å². The summed E-state index contributed by atoms with van der Waals surface area (Å²) in [5, 5.41) is 21.7. The van der Waals surface area contributed by atoms with Crippen molar-refractivity contribution < 1.29 is 19.0 Å². The number of aliphatic hydroxyl groups excluding tert-OH is 1. The van der Waals surface area contributed by atoms with Crippen LogP contribution in [0, 0.1) is 11.8 Å². The number of aliphatic hydroxyl groups is 2. The molecule has 2 fully saturated rings. The lowest BCUT2D eigenvalue weighted by Gasteiger charge is -2.27. The molecule has 0 amide bonds. The summed E-state index contributed by atoms with van der Waals surface area (Å²) in [5.74, 6) is 0.958. The van der Waals surface area contributed by atoms with Crippen LogP contribution in [0.4, 0.5) is 0 Å². The number of nitrogens with one attached hydrogen (secondary N) is 1. The first-order chi connectivity index (χ1) is 14.4. The van der Waals surface area contributed by atoms with Gasteiger partial charge < -0.3 is 14.8 Å². The third-order valence-corrected chi connectivity index (χ3v) is 6.88. The zero-order valence-electron chi connectivity index (χ0n) is 16.9. The number of fused-ring (bicyclic) bond motifs is 1. The summed E-state index contributed by atoms with van der Waals surface area (Å²) in [7, 11) is 0. The highest BCUT2D eigenvalue weighted by Crippen LogP contribution is 2.45. The number of rotatable bonds is 8. The van der Waals surface area contributed by atoms with Crippen molar-refractivity contribution in [1.82, 2.24) is 9.62 Å².